The molecule has 25 heavy (non-hydrogen) atoms. The van der Waals surface area contributed by atoms with Gasteiger partial charge < -0.3 is 10.0 Å². The van der Waals surface area contributed by atoms with Crippen molar-refractivity contribution in [2.24, 2.45) is 0 Å². The van der Waals surface area contributed by atoms with Crippen LogP contribution in [0.3, 0.4) is 0 Å². The lowest BCUT2D eigenvalue weighted by Crippen LogP contribution is -2.35. The molecule has 0 aliphatic heterocycles. The van der Waals surface area contributed by atoms with E-state index in [1.165, 1.54) is 0 Å². The molecular formula is C18H26N4O2S. The molecule has 0 radical (unpaired) electrons. The average molecular weight is 362 g/mol. The Morgan fingerprint density at radius 2 is 2.20 bits per heavy atom. The Bertz CT molecular complexity index is 754. The van der Waals surface area contributed by atoms with E-state index in [9.17, 15) is 4.79 Å². The highest BCUT2D eigenvalue weighted by atomic mass is 32.1. The van der Waals surface area contributed by atoms with Gasteiger partial charge in [0.2, 0.25) is 5.91 Å². The molecule has 0 bridgehead atoms. The third-order valence-electron chi connectivity index (χ3n) is 4.09. The zero-order chi connectivity index (χ0) is 18.2. The molecular weight excluding hydrogens is 336 g/mol. The van der Waals surface area contributed by atoms with E-state index in [-0.39, 0.29) is 12.5 Å². The van der Waals surface area contributed by atoms with E-state index in [0.717, 1.165) is 29.8 Å². The SMILES string of the molecule is CCCCN(CCO)C(=O)CCn1c(-c2cccc(C)c2)n[nH]c1=S. The molecule has 1 aromatic carbocycles. The fourth-order valence-corrected chi connectivity index (χ4v) is 2.95. The summed E-state index contributed by atoms with van der Waals surface area (Å²) in [6.07, 6.45) is 2.28. The molecule has 1 heterocycles. The van der Waals surface area contributed by atoms with Gasteiger partial charge in [0.1, 0.15) is 0 Å². The van der Waals surface area contributed by atoms with Crippen molar-refractivity contribution in [1.29, 1.82) is 0 Å². The van der Waals surface area contributed by atoms with Gasteiger partial charge in [-0.3, -0.25) is 14.5 Å². The van der Waals surface area contributed by atoms with Gasteiger partial charge >= 0.3 is 0 Å². The minimum atomic E-state index is -0.0187. The van der Waals surface area contributed by atoms with Crippen LogP contribution >= 0.6 is 12.2 Å². The van der Waals surface area contributed by atoms with E-state index in [1.54, 1.807) is 4.90 Å². The van der Waals surface area contributed by atoms with Crippen LogP contribution in [-0.2, 0) is 11.3 Å². The van der Waals surface area contributed by atoms with Gasteiger partial charge in [-0.15, -0.1) is 0 Å². The highest BCUT2D eigenvalue weighted by Crippen LogP contribution is 2.19. The number of hydrogen-bond donors (Lipinski definition) is 2. The number of carbonyl (C=O) groups excluding carboxylic acids is 1. The number of carbonyl (C=O) groups is 1. The minimum absolute atomic E-state index is 0.0187. The molecule has 0 saturated carbocycles. The van der Waals surface area contributed by atoms with Crippen molar-refractivity contribution >= 4 is 18.1 Å². The highest BCUT2D eigenvalue weighted by Gasteiger charge is 2.15. The number of aryl methyl sites for hydroxylation is 1. The fourth-order valence-electron chi connectivity index (χ4n) is 2.73. The molecule has 1 amide bonds. The number of aromatic nitrogens is 3. The molecule has 7 heteroatoms. The monoisotopic (exact) mass is 362 g/mol. The van der Waals surface area contributed by atoms with E-state index in [2.05, 4.69) is 17.1 Å². The molecule has 136 valence electrons. The molecule has 0 unspecified atom stereocenters. The number of benzene rings is 1. The first-order chi connectivity index (χ1) is 12.1. The third kappa shape index (κ3) is 5.24. The standard InChI is InChI=1S/C18H26N4O2S/c1-3-4-9-21(11-12-23)16(24)8-10-22-17(19-20-18(22)25)15-7-5-6-14(2)13-15/h5-7,13,23H,3-4,8-12H2,1-2H3,(H,20,25). The van der Waals surface area contributed by atoms with E-state index >= 15 is 0 Å². The molecule has 0 aliphatic carbocycles. The summed E-state index contributed by atoms with van der Waals surface area (Å²) in [6, 6.07) is 8.03. The molecule has 6 nitrogen and oxygen atoms in total. The Morgan fingerprint density at radius 1 is 1.40 bits per heavy atom. The Hall–Kier alpha value is -1.99. The quantitative estimate of drug-likeness (QED) is 0.673. The summed E-state index contributed by atoms with van der Waals surface area (Å²) in [5, 5.41) is 16.3. The van der Waals surface area contributed by atoms with Crippen LogP contribution < -0.4 is 0 Å². The first-order valence-electron chi connectivity index (χ1n) is 8.67. The number of nitrogens with zero attached hydrogens (tertiary/aromatic N) is 3. The second-order valence-electron chi connectivity index (χ2n) is 6.08. The van der Waals surface area contributed by atoms with Crippen LogP contribution in [0.5, 0.6) is 0 Å². The summed E-state index contributed by atoms with van der Waals surface area (Å²) in [4.78, 5) is 14.2. The number of amides is 1. The Labute approximate surface area is 153 Å². The van der Waals surface area contributed by atoms with Gasteiger partial charge in [0, 0.05) is 31.6 Å². The van der Waals surface area contributed by atoms with Crippen LogP contribution in [0.1, 0.15) is 31.7 Å². The fraction of sp³-hybridized carbons (Fsp3) is 0.500. The maximum absolute atomic E-state index is 12.5. The Morgan fingerprint density at radius 3 is 2.88 bits per heavy atom. The largest absolute Gasteiger partial charge is 0.395 e. The number of nitrogens with one attached hydrogen (secondary N) is 1. The van der Waals surface area contributed by atoms with E-state index in [4.69, 9.17) is 17.3 Å². The van der Waals surface area contributed by atoms with Crippen molar-refractivity contribution in [3.63, 3.8) is 0 Å². The molecule has 2 rings (SSSR count). The van der Waals surface area contributed by atoms with Crippen LogP contribution in [0, 0.1) is 11.7 Å². The third-order valence-corrected chi connectivity index (χ3v) is 4.40. The molecule has 2 N–H and O–H groups in total. The average Bonchev–Trinajstić information content (AvgIpc) is 2.97. The number of H-pyrrole nitrogens is 1. The second-order valence-corrected chi connectivity index (χ2v) is 6.47. The maximum Gasteiger partial charge on any atom is 0.224 e. The van der Waals surface area contributed by atoms with Crippen molar-refractivity contribution in [3.05, 3.63) is 34.6 Å². The summed E-state index contributed by atoms with van der Waals surface area (Å²) < 4.78 is 2.37. The lowest BCUT2D eigenvalue weighted by molar-refractivity contribution is -0.132. The number of aromatic amines is 1. The van der Waals surface area contributed by atoms with Gasteiger partial charge in [0.05, 0.1) is 6.61 Å². The van der Waals surface area contributed by atoms with E-state index in [1.807, 2.05) is 35.8 Å². The maximum atomic E-state index is 12.5. The second kappa shape index (κ2) is 9.48. The summed E-state index contributed by atoms with van der Waals surface area (Å²) in [5.41, 5.74) is 2.11. The normalized spacial score (nSPS) is 10.8. The van der Waals surface area contributed by atoms with Crippen LogP contribution in [-0.4, -0.2) is 50.4 Å². The minimum Gasteiger partial charge on any atom is -0.395 e. The Balaban J connectivity index is 2.11. The molecule has 0 atom stereocenters. The van der Waals surface area contributed by atoms with Crippen LogP contribution in [0.25, 0.3) is 11.4 Å². The summed E-state index contributed by atoms with van der Waals surface area (Å²) in [6.45, 7) is 5.61. The molecule has 0 saturated heterocycles. The van der Waals surface area contributed by atoms with Crippen molar-refractivity contribution < 1.29 is 9.90 Å². The number of rotatable bonds is 9. The van der Waals surface area contributed by atoms with Gasteiger partial charge in [-0.05, 0) is 31.6 Å². The topological polar surface area (TPSA) is 74.2 Å². The zero-order valence-corrected chi connectivity index (χ0v) is 15.7. The highest BCUT2D eigenvalue weighted by molar-refractivity contribution is 7.71. The van der Waals surface area contributed by atoms with Gasteiger partial charge in [0.25, 0.3) is 0 Å². The smallest absolute Gasteiger partial charge is 0.224 e. The van der Waals surface area contributed by atoms with Crippen LogP contribution in [0.2, 0.25) is 0 Å². The molecule has 0 fully saturated rings. The van der Waals surface area contributed by atoms with Crippen molar-refractivity contribution in [3.8, 4) is 11.4 Å². The number of unbranched alkanes of at least 4 members (excludes halogenated alkanes) is 1. The lowest BCUT2D eigenvalue weighted by atomic mass is 10.1. The van der Waals surface area contributed by atoms with E-state index in [0.29, 0.717) is 30.8 Å². The first kappa shape index (κ1) is 19.3. The van der Waals surface area contributed by atoms with Gasteiger partial charge in [-0.25, -0.2) is 0 Å². The van der Waals surface area contributed by atoms with Gasteiger partial charge in [-0.2, -0.15) is 5.10 Å². The molecule has 0 aliphatic rings. The lowest BCUT2D eigenvalue weighted by Gasteiger charge is -2.21. The Kier molecular flexibility index (Phi) is 7.33. The zero-order valence-electron chi connectivity index (χ0n) is 14.9. The van der Waals surface area contributed by atoms with Crippen molar-refractivity contribution in [1.82, 2.24) is 19.7 Å². The first-order valence-corrected chi connectivity index (χ1v) is 9.08. The predicted molar refractivity (Wildman–Crippen MR) is 101 cm³/mol. The molecule has 0 spiro atoms. The van der Waals surface area contributed by atoms with Gasteiger partial charge in [-0.1, -0.05) is 37.1 Å². The van der Waals surface area contributed by atoms with Crippen molar-refractivity contribution in [2.75, 3.05) is 19.7 Å². The van der Waals surface area contributed by atoms with Gasteiger partial charge in [0.15, 0.2) is 10.6 Å². The van der Waals surface area contributed by atoms with E-state index < -0.39 is 0 Å². The molecule has 1 aromatic heterocycles. The summed E-state index contributed by atoms with van der Waals surface area (Å²) in [7, 11) is 0. The summed E-state index contributed by atoms with van der Waals surface area (Å²) in [5.74, 6) is 0.768. The number of hydrogen-bond acceptors (Lipinski definition) is 4. The van der Waals surface area contributed by atoms with Crippen LogP contribution in [0.15, 0.2) is 24.3 Å². The van der Waals surface area contributed by atoms with Crippen LogP contribution in [0.4, 0.5) is 0 Å². The number of aliphatic hydroxyl groups excluding tert-OH is 1. The van der Waals surface area contributed by atoms with Crippen molar-refractivity contribution in [2.45, 2.75) is 39.7 Å². The molecule has 2 aromatic rings. The summed E-state index contributed by atoms with van der Waals surface area (Å²) >= 11 is 5.32. The number of aliphatic hydroxyl groups is 1. The predicted octanol–water partition coefficient (Wildman–Crippen LogP) is 2.93.